The Bertz CT molecular complexity index is 573. The van der Waals surface area contributed by atoms with Crippen molar-refractivity contribution in [2.45, 2.75) is 19.1 Å². The third kappa shape index (κ3) is 5.11. The van der Waals surface area contributed by atoms with Gasteiger partial charge in [0, 0.05) is 22.6 Å². The van der Waals surface area contributed by atoms with E-state index >= 15 is 0 Å². The first-order valence-corrected chi connectivity index (χ1v) is 8.09. The number of hydrogen-bond donors (Lipinski definition) is 1. The quantitative estimate of drug-likeness (QED) is 0.801. The van der Waals surface area contributed by atoms with Gasteiger partial charge in [-0.15, -0.1) is 0 Å². The number of hydrogen-bond acceptors (Lipinski definition) is 2. The van der Waals surface area contributed by atoms with Gasteiger partial charge in [-0.25, -0.2) is 0 Å². The molecule has 0 fully saturated rings. The van der Waals surface area contributed by atoms with Crippen LogP contribution in [0.2, 0.25) is 5.02 Å². The van der Waals surface area contributed by atoms with E-state index < -0.39 is 6.10 Å². The number of rotatable bonds is 6. The molecular weight excluding hydrogens is 350 g/mol. The third-order valence-corrected chi connectivity index (χ3v) is 4.29. The van der Waals surface area contributed by atoms with E-state index in [-0.39, 0.29) is 0 Å². The molecule has 2 rings (SSSR count). The molecule has 4 heteroatoms. The minimum Gasteiger partial charge on any atom is -0.388 e. The summed E-state index contributed by atoms with van der Waals surface area (Å²) in [5, 5.41) is 10.9. The molecule has 2 aromatic rings. The lowest BCUT2D eigenvalue weighted by atomic mass is 10.1. The Morgan fingerprint density at radius 3 is 2.48 bits per heavy atom. The zero-order valence-corrected chi connectivity index (χ0v) is 14.3. The second-order valence-electron chi connectivity index (χ2n) is 5.19. The zero-order valence-electron chi connectivity index (χ0n) is 12.0. The average molecular weight is 369 g/mol. The van der Waals surface area contributed by atoms with Crippen LogP contribution in [0.15, 0.2) is 53.0 Å². The summed E-state index contributed by atoms with van der Waals surface area (Å²) in [7, 11) is 2.06. The number of nitrogens with zero attached hydrogens (tertiary/aromatic N) is 1. The molecule has 1 unspecified atom stereocenters. The molecule has 21 heavy (non-hydrogen) atoms. The first kappa shape index (κ1) is 16.5. The first-order chi connectivity index (χ1) is 10.1. The van der Waals surface area contributed by atoms with Crippen molar-refractivity contribution in [3.63, 3.8) is 0 Å². The van der Waals surface area contributed by atoms with Crippen molar-refractivity contribution < 1.29 is 5.11 Å². The molecule has 0 radical (unpaired) electrons. The molecule has 0 aliphatic heterocycles. The fourth-order valence-electron chi connectivity index (χ4n) is 2.22. The molecule has 2 aromatic carbocycles. The molecule has 0 saturated heterocycles. The van der Waals surface area contributed by atoms with Crippen molar-refractivity contribution in [2.75, 3.05) is 13.6 Å². The summed E-state index contributed by atoms with van der Waals surface area (Å²) in [6.07, 6.45) is 0.141. The van der Waals surface area contributed by atoms with E-state index in [1.165, 1.54) is 5.56 Å². The highest BCUT2D eigenvalue weighted by atomic mass is 79.9. The van der Waals surface area contributed by atoms with E-state index in [0.717, 1.165) is 23.1 Å². The summed E-state index contributed by atoms with van der Waals surface area (Å²) in [4.78, 5) is 2.20. The molecule has 2 nitrogen and oxygen atoms in total. The average Bonchev–Trinajstić information content (AvgIpc) is 2.48. The van der Waals surface area contributed by atoms with E-state index in [0.29, 0.717) is 11.4 Å². The Labute approximate surface area is 139 Å². The highest BCUT2D eigenvalue weighted by Crippen LogP contribution is 2.25. The summed E-state index contributed by atoms with van der Waals surface area (Å²) in [5.74, 6) is 0. The number of halogens is 2. The molecule has 0 heterocycles. The van der Waals surface area contributed by atoms with Gasteiger partial charge in [-0.05, 0) is 42.8 Å². The Hall–Kier alpha value is -0.870. The van der Waals surface area contributed by atoms with Crippen LogP contribution >= 0.6 is 27.5 Å². The Kier molecular flexibility index (Phi) is 6.24. The van der Waals surface area contributed by atoms with Crippen LogP contribution in [0.4, 0.5) is 0 Å². The molecule has 0 aliphatic carbocycles. The topological polar surface area (TPSA) is 23.5 Å². The van der Waals surface area contributed by atoms with Crippen LogP contribution in [-0.2, 0) is 6.54 Å². The van der Waals surface area contributed by atoms with Crippen molar-refractivity contribution in [3.05, 3.63) is 69.2 Å². The van der Waals surface area contributed by atoms with E-state index in [1.807, 2.05) is 36.4 Å². The van der Waals surface area contributed by atoms with Crippen LogP contribution in [0.1, 0.15) is 23.7 Å². The minimum absolute atomic E-state index is 0.522. The lowest BCUT2D eigenvalue weighted by Crippen LogP contribution is -2.21. The van der Waals surface area contributed by atoms with E-state index in [9.17, 15) is 5.11 Å². The number of aliphatic hydroxyl groups is 1. The summed E-state index contributed by atoms with van der Waals surface area (Å²) in [5.41, 5.74) is 2.06. The van der Waals surface area contributed by atoms with Crippen molar-refractivity contribution >= 4 is 27.5 Å². The lowest BCUT2D eigenvalue weighted by molar-refractivity contribution is 0.148. The van der Waals surface area contributed by atoms with Crippen molar-refractivity contribution in [2.24, 2.45) is 0 Å². The minimum atomic E-state index is -0.522. The van der Waals surface area contributed by atoms with Crippen molar-refractivity contribution in [3.8, 4) is 0 Å². The maximum atomic E-state index is 10.2. The summed E-state index contributed by atoms with van der Waals surface area (Å²) < 4.78 is 1.09. The normalized spacial score (nSPS) is 12.6. The Morgan fingerprint density at radius 2 is 1.81 bits per heavy atom. The maximum absolute atomic E-state index is 10.2. The third-order valence-electron chi connectivity index (χ3n) is 3.41. The second-order valence-corrected chi connectivity index (χ2v) is 6.51. The molecule has 1 N–H and O–H groups in total. The predicted octanol–water partition coefficient (Wildman–Crippen LogP) is 4.66. The van der Waals surface area contributed by atoms with Gasteiger partial charge in [0.25, 0.3) is 0 Å². The van der Waals surface area contributed by atoms with Crippen LogP contribution in [0.25, 0.3) is 0 Å². The monoisotopic (exact) mass is 367 g/mol. The van der Waals surface area contributed by atoms with Crippen LogP contribution in [0.3, 0.4) is 0 Å². The standard InChI is InChI=1S/C17H19BrClNO/c1-20(12-13-6-8-14(18)9-7-13)11-10-17(21)15-4-2-3-5-16(15)19/h2-9,17,21H,10-12H2,1H3. The maximum Gasteiger partial charge on any atom is 0.0816 e. The Morgan fingerprint density at radius 1 is 1.14 bits per heavy atom. The largest absolute Gasteiger partial charge is 0.388 e. The van der Waals surface area contributed by atoms with Gasteiger partial charge in [0.05, 0.1) is 6.10 Å². The number of benzene rings is 2. The van der Waals surface area contributed by atoms with Crippen LogP contribution in [-0.4, -0.2) is 23.6 Å². The van der Waals surface area contributed by atoms with Crippen LogP contribution in [0.5, 0.6) is 0 Å². The van der Waals surface area contributed by atoms with Crippen molar-refractivity contribution in [1.82, 2.24) is 4.90 Å². The molecule has 0 aromatic heterocycles. The fraction of sp³-hybridized carbons (Fsp3) is 0.294. The van der Waals surface area contributed by atoms with Gasteiger partial charge in [0.1, 0.15) is 0 Å². The van der Waals surface area contributed by atoms with Gasteiger partial charge < -0.3 is 10.0 Å². The van der Waals surface area contributed by atoms with E-state index in [4.69, 9.17) is 11.6 Å². The lowest BCUT2D eigenvalue weighted by Gasteiger charge is -2.19. The van der Waals surface area contributed by atoms with Crippen molar-refractivity contribution in [1.29, 1.82) is 0 Å². The molecule has 112 valence electrons. The van der Waals surface area contributed by atoms with E-state index in [2.05, 4.69) is 40.0 Å². The van der Waals surface area contributed by atoms with Crippen LogP contribution in [0, 0.1) is 0 Å². The molecule has 0 aliphatic rings. The van der Waals surface area contributed by atoms with Gasteiger partial charge >= 0.3 is 0 Å². The van der Waals surface area contributed by atoms with Gasteiger partial charge in [0.2, 0.25) is 0 Å². The molecule has 0 amide bonds. The predicted molar refractivity (Wildman–Crippen MR) is 91.5 cm³/mol. The molecule has 1 atom stereocenters. The highest BCUT2D eigenvalue weighted by Gasteiger charge is 2.12. The summed E-state index contributed by atoms with van der Waals surface area (Å²) in [6, 6.07) is 15.8. The molecule has 0 spiro atoms. The van der Waals surface area contributed by atoms with Gasteiger partial charge in [-0.1, -0.05) is 57.9 Å². The highest BCUT2D eigenvalue weighted by molar-refractivity contribution is 9.10. The van der Waals surface area contributed by atoms with Gasteiger partial charge in [-0.3, -0.25) is 0 Å². The van der Waals surface area contributed by atoms with Crippen LogP contribution < -0.4 is 0 Å². The summed E-state index contributed by atoms with van der Waals surface area (Å²) in [6.45, 7) is 1.67. The SMILES string of the molecule is CN(CCC(O)c1ccccc1Cl)Cc1ccc(Br)cc1. The van der Waals surface area contributed by atoms with Gasteiger partial charge in [0.15, 0.2) is 0 Å². The molecular formula is C17H19BrClNO. The molecule has 0 bridgehead atoms. The summed E-state index contributed by atoms with van der Waals surface area (Å²) >= 11 is 9.54. The zero-order chi connectivity index (χ0) is 15.2. The second kappa shape index (κ2) is 7.95. The first-order valence-electron chi connectivity index (χ1n) is 6.92. The Balaban J connectivity index is 1.85. The number of aliphatic hydroxyl groups excluding tert-OH is 1. The van der Waals surface area contributed by atoms with Gasteiger partial charge in [-0.2, -0.15) is 0 Å². The molecule has 0 saturated carbocycles. The fourth-order valence-corrected chi connectivity index (χ4v) is 2.75. The smallest absolute Gasteiger partial charge is 0.0816 e. The van der Waals surface area contributed by atoms with E-state index in [1.54, 1.807) is 0 Å².